The smallest absolute Gasteiger partial charge is 0.330 e. The maximum Gasteiger partial charge on any atom is 0.330 e. The van der Waals surface area contributed by atoms with Crippen molar-refractivity contribution in [2.75, 3.05) is 26.0 Å². The molecule has 2 heterocycles. The topological polar surface area (TPSA) is 105 Å². The molecule has 122 valence electrons. The molecule has 2 N–H and O–H groups in total. The number of nitrogens with zero attached hydrogens (tertiary/aromatic N) is 1. The predicted octanol–water partition coefficient (Wildman–Crippen LogP) is -1.15. The highest BCUT2D eigenvalue weighted by Crippen LogP contribution is 2.47. The lowest BCUT2D eigenvalue weighted by Gasteiger charge is -2.29. The van der Waals surface area contributed by atoms with Crippen LogP contribution in [0.1, 0.15) is 19.8 Å². The van der Waals surface area contributed by atoms with E-state index in [1.807, 2.05) is 6.92 Å². The molecule has 2 fully saturated rings. The fourth-order valence-corrected chi connectivity index (χ4v) is 3.96. The summed E-state index contributed by atoms with van der Waals surface area (Å²) in [5.41, 5.74) is 0. The van der Waals surface area contributed by atoms with Gasteiger partial charge in [0.05, 0.1) is 11.4 Å². The van der Waals surface area contributed by atoms with Crippen LogP contribution in [0.4, 0.5) is 0 Å². The minimum atomic E-state index is -0.642. The van der Waals surface area contributed by atoms with Crippen molar-refractivity contribution in [3.8, 4) is 0 Å². The maximum absolute atomic E-state index is 12.1. The molecule has 2 atom stereocenters. The Morgan fingerprint density at radius 1 is 1.41 bits per heavy atom. The van der Waals surface area contributed by atoms with E-state index in [2.05, 4.69) is 10.6 Å². The van der Waals surface area contributed by atoms with E-state index < -0.39 is 24.5 Å². The van der Waals surface area contributed by atoms with Crippen LogP contribution in [0.15, 0.2) is 0 Å². The van der Waals surface area contributed by atoms with Crippen molar-refractivity contribution < 1.29 is 23.9 Å². The van der Waals surface area contributed by atoms with Crippen LogP contribution < -0.4 is 10.6 Å². The van der Waals surface area contributed by atoms with Gasteiger partial charge in [0.25, 0.3) is 5.91 Å². The summed E-state index contributed by atoms with van der Waals surface area (Å²) in [4.78, 5) is 47.7. The Kier molecular flexibility index (Phi) is 4.94. The van der Waals surface area contributed by atoms with Crippen LogP contribution in [0.3, 0.4) is 0 Å². The van der Waals surface area contributed by atoms with E-state index in [1.165, 1.54) is 7.05 Å². The van der Waals surface area contributed by atoms with Crippen molar-refractivity contribution >= 4 is 35.5 Å². The summed E-state index contributed by atoms with van der Waals surface area (Å²) in [5, 5.41) is 4.68. The zero-order valence-electron chi connectivity index (χ0n) is 12.5. The zero-order chi connectivity index (χ0) is 16.3. The van der Waals surface area contributed by atoms with Crippen molar-refractivity contribution in [2.24, 2.45) is 0 Å². The first-order valence-corrected chi connectivity index (χ1v) is 7.96. The summed E-state index contributed by atoms with van der Waals surface area (Å²) in [6.45, 7) is 1.30. The number of nitrogens with one attached hydrogen (secondary N) is 2. The molecule has 2 aliphatic heterocycles. The molecule has 22 heavy (non-hydrogen) atoms. The summed E-state index contributed by atoms with van der Waals surface area (Å²) in [6.07, 6.45) is 1.15. The molecule has 8 nitrogen and oxygen atoms in total. The van der Waals surface area contributed by atoms with Crippen molar-refractivity contribution in [3.05, 3.63) is 0 Å². The van der Waals surface area contributed by atoms with Crippen LogP contribution in [0.2, 0.25) is 0 Å². The van der Waals surface area contributed by atoms with Gasteiger partial charge in [0.2, 0.25) is 11.8 Å². The number of carbonyl (C=O) groups is 4. The van der Waals surface area contributed by atoms with E-state index in [0.717, 1.165) is 0 Å². The molecule has 0 aliphatic carbocycles. The minimum absolute atomic E-state index is 0.0569. The molecular weight excluding hydrogens is 310 g/mol. The van der Waals surface area contributed by atoms with Crippen LogP contribution in [-0.4, -0.2) is 65.5 Å². The second kappa shape index (κ2) is 6.55. The Labute approximate surface area is 132 Å². The lowest BCUT2D eigenvalue weighted by atomic mass is 10.2. The lowest BCUT2D eigenvalue weighted by Crippen LogP contribution is -2.47. The number of likely N-dealkylation sites (N-methyl/N-ethyl adjacent to an activating group) is 1. The molecule has 0 unspecified atom stereocenters. The summed E-state index contributed by atoms with van der Waals surface area (Å²) in [5.74, 6) is -1.07. The van der Waals surface area contributed by atoms with E-state index >= 15 is 0 Å². The number of hydrogen-bond acceptors (Lipinski definition) is 6. The van der Waals surface area contributed by atoms with E-state index in [4.69, 9.17) is 4.74 Å². The molecular formula is C13H19N3O5S. The second-order valence-electron chi connectivity index (χ2n) is 5.32. The fourth-order valence-electron chi connectivity index (χ4n) is 2.55. The molecule has 2 rings (SSSR count). The molecule has 2 saturated heterocycles. The maximum atomic E-state index is 12.1. The SMILES string of the molecule is CNC(=O)CNC(=O)COC(=O)[C@@H]1CS[C@]2(C)CCC(=O)N12. The zero-order valence-corrected chi connectivity index (χ0v) is 13.3. The van der Waals surface area contributed by atoms with Crippen LogP contribution in [0, 0.1) is 0 Å². The normalized spacial score (nSPS) is 26.5. The third-order valence-electron chi connectivity index (χ3n) is 3.79. The van der Waals surface area contributed by atoms with E-state index in [0.29, 0.717) is 18.6 Å². The summed E-state index contributed by atoms with van der Waals surface area (Å²) in [6, 6.07) is -0.642. The molecule has 9 heteroatoms. The molecule has 0 aromatic carbocycles. The number of amides is 3. The number of hydrogen-bond donors (Lipinski definition) is 2. The van der Waals surface area contributed by atoms with Crippen LogP contribution in [0.25, 0.3) is 0 Å². The van der Waals surface area contributed by atoms with Gasteiger partial charge in [-0.3, -0.25) is 14.4 Å². The highest BCUT2D eigenvalue weighted by Gasteiger charge is 2.53. The van der Waals surface area contributed by atoms with Crippen molar-refractivity contribution in [3.63, 3.8) is 0 Å². The van der Waals surface area contributed by atoms with Crippen molar-refractivity contribution in [2.45, 2.75) is 30.7 Å². The average Bonchev–Trinajstić information content (AvgIpc) is 2.99. The van der Waals surface area contributed by atoms with Crippen LogP contribution in [-0.2, 0) is 23.9 Å². The molecule has 0 spiro atoms. The number of thioether (sulfide) groups is 1. The molecule has 0 radical (unpaired) electrons. The fraction of sp³-hybridized carbons (Fsp3) is 0.692. The third-order valence-corrected chi connectivity index (χ3v) is 5.29. The number of fused-ring (bicyclic) bond motifs is 1. The minimum Gasteiger partial charge on any atom is -0.454 e. The van der Waals surface area contributed by atoms with Gasteiger partial charge >= 0.3 is 5.97 Å². The van der Waals surface area contributed by atoms with E-state index in [9.17, 15) is 19.2 Å². The van der Waals surface area contributed by atoms with Crippen molar-refractivity contribution in [1.29, 1.82) is 0 Å². The Morgan fingerprint density at radius 2 is 2.14 bits per heavy atom. The lowest BCUT2D eigenvalue weighted by molar-refractivity contribution is -0.156. The number of rotatable bonds is 5. The van der Waals surface area contributed by atoms with Crippen LogP contribution >= 0.6 is 11.8 Å². The van der Waals surface area contributed by atoms with Gasteiger partial charge in [-0.15, -0.1) is 11.8 Å². The molecule has 0 bridgehead atoms. The van der Waals surface area contributed by atoms with Gasteiger partial charge < -0.3 is 20.3 Å². The monoisotopic (exact) mass is 329 g/mol. The van der Waals surface area contributed by atoms with Gasteiger partial charge in [-0.25, -0.2) is 4.79 Å². The second-order valence-corrected chi connectivity index (χ2v) is 6.82. The molecule has 0 saturated carbocycles. The first kappa shape index (κ1) is 16.6. The van der Waals surface area contributed by atoms with Crippen LogP contribution in [0.5, 0.6) is 0 Å². The highest BCUT2D eigenvalue weighted by atomic mass is 32.2. The third kappa shape index (κ3) is 3.34. The first-order chi connectivity index (χ1) is 10.4. The van der Waals surface area contributed by atoms with Gasteiger partial charge in [0, 0.05) is 19.2 Å². The summed E-state index contributed by atoms with van der Waals surface area (Å²) in [7, 11) is 1.45. The summed E-state index contributed by atoms with van der Waals surface area (Å²) < 4.78 is 4.97. The Bertz CT molecular complexity index is 512. The number of esters is 1. The predicted molar refractivity (Wildman–Crippen MR) is 78.8 cm³/mol. The van der Waals surface area contributed by atoms with Gasteiger partial charge in [0.15, 0.2) is 6.61 Å². The van der Waals surface area contributed by atoms with E-state index in [1.54, 1.807) is 16.7 Å². The number of carbonyl (C=O) groups excluding carboxylic acids is 4. The average molecular weight is 329 g/mol. The van der Waals surface area contributed by atoms with Gasteiger partial charge in [-0.1, -0.05) is 0 Å². The summed E-state index contributed by atoms with van der Waals surface area (Å²) >= 11 is 1.56. The molecule has 0 aromatic rings. The highest BCUT2D eigenvalue weighted by molar-refractivity contribution is 8.01. The van der Waals surface area contributed by atoms with Gasteiger partial charge in [-0.2, -0.15) is 0 Å². The van der Waals surface area contributed by atoms with Gasteiger partial charge in [-0.05, 0) is 13.3 Å². The Hall–Kier alpha value is -1.77. The standard InChI is InChI=1S/C13H19N3O5S/c1-13-4-3-11(19)16(13)8(7-22-13)12(20)21-6-10(18)15-5-9(17)14-2/h8H,3-7H2,1-2H3,(H,14,17)(H,15,18)/t8-,13+/m0/s1. The molecule has 2 aliphatic rings. The quantitative estimate of drug-likeness (QED) is 0.617. The van der Waals surface area contributed by atoms with Gasteiger partial charge in [0.1, 0.15) is 6.04 Å². The molecule has 0 aromatic heterocycles. The Balaban J connectivity index is 1.82. The Morgan fingerprint density at radius 3 is 2.82 bits per heavy atom. The molecule has 3 amide bonds. The first-order valence-electron chi connectivity index (χ1n) is 6.97. The van der Waals surface area contributed by atoms with E-state index in [-0.39, 0.29) is 23.2 Å². The largest absolute Gasteiger partial charge is 0.454 e. The van der Waals surface area contributed by atoms with Crippen molar-refractivity contribution in [1.82, 2.24) is 15.5 Å². The number of ether oxygens (including phenoxy) is 1.